The first-order valence-electron chi connectivity index (χ1n) is 6.04. The standard InChI is InChI=1S/C13H17BrN2O2/c1-9-7-15-8-12(6-13(17)18)16(9)11-4-2-3-10(14)5-11/h2-5,9,12,15H,6-8H2,1H3,(H,17,18). The van der Waals surface area contributed by atoms with Gasteiger partial charge < -0.3 is 15.3 Å². The van der Waals surface area contributed by atoms with Gasteiger partial charge in [0.1, 0.15) is 0 Å². The van der Waals surface area contributed by atoms with E-state index in [4.69, 9.17) is 5.11 Å². The van der Waals surface area contributed by atoms with Crippen LogP contribution in [0.4, 0.5) is 5.69 Å². The Labute approximate surface area is 115 Å². The molecule has 1 aliphatic heterocycles. The zero-order valence-corrected chi connectivity index (χ0v) is 11.9. The molecule has 2 unspecified atom stereocenters. The van der Waals surface area contributed by atoms with Gasteiger partial charge in [-0.3, -0.25) is 4.79 Å². The van der Waals surface area contributed by atoms with Crippen LogP contribution in [-0.2, 0) is 4.79 Å². The number of nitrogens with one attached hydrogen (secondary N) is 1. The molecule has 2 atom stereocenters. The van der Waals surface area contributed by atoms with Gasteiger partial charge in [0.2, 0.25) is 0 Å². The number of anilines is 1. The molecule has 4 nitrogen and oxygen atoms in total. The molecule has 0 bridgehead atoms. The fraction of sp³-hybridized carbons (Fsp3) is 0.462. The third-order valence-electron chi connectivity index (χ3n) is 3.20. The highest BCUT2D eigenvalue weighted by atomic mass is 79.9. The predicted molar refractivity (Wildman–Crippen MR) is 75.0 cm³/mol. The second-order valence-corrected chi connectivity index (χ2v) is 5.56. The second-order valence-electron chi connectivity index (χ2n) is 4.65. The number of carbonyl (C=O) groups is 1. The largest absolute Gasteiger partial charge is 0.481 e. The Balaban J connectivity index is 2.26. The van der Waals surface area contributed by atoms with Crippen molar-refractivity contribution in [3.8, 4) is 0 Å². The van der Waals surface area contributed by atoms with Crippen molar-refractivity contribution in [3.05, 3.63) is 28.7 Å². The molecule has 2 N–H and O–H groups in total. The minimum absolute atomic E-state index is 0.000509. The van der Waals surface area contributed by atoms with Gasteiger partial charge in [0, 0.05) is 29.3 Å². The molecule has 1 saturated heterocycles. The monoisotopic (exact) mass is 312 g/mol. The third kappa shape index (κ3) is 3.03. The van der Waals surface area contributed by atoms with E-state index in [1.54, 1.807) is 0 Å². The van der Waals surface area contributed by atoms with Crippen molar-refractivity contribution in [3.63, 3.8) is 0 Å². The normalized spacial score (nSPS) is 24.0. The van der Waals surface area contributed by atoms with Crippen LogP contribution < -0.4 is 10.2 Å². The lowest BCUT2D eigenvalue weighted by atomic mass is 10.0. The highest BCUT2D eigenvalue weighted by Gasteiger charge is 2.29. The Hall–Kier alpha value is -1.07. The van der Waals surface area contributed by atoms with Gasteiger partial charge in [0.25, 0.3) is 0 Å². The van der Waals surface area contributed by atoms with E-state index in [0.717, 1.165) is 16.7 Å². The number of hydrogen-bond acceptors (Lipinski definition) is 3. The number of piperazine rings is 1. The fourth-order valence-corrected chi connectivity index (χ4v) is 2.88. The molecule has 1 aromatic rings. The quantitative estimate of drug-likeness (QED) is 0.897. The van der Waals surface area contributed by atoms with Crippen LogP contribution in [0.2, 0.25) is 0 Å². The van der Waals surface area contributed by atoms with E-state index in [9.17, 15) is 4.79 Å². The molecular weight excluding hydrogens is 296 g/mol. The molecule has 1 aromatic carbocycles. The summed E-state index contributed by atoms with van der Waals surface area (Å²) in [5, 5.41) is 12.3. The molecule has 0 aromatic heterocycles. The number of nitrogens with zero attached hydrogens (tertiary/aromatic N) is 1. The lowest BCUT2D eigenvalue weighted by molar-refractivity contribution is -0.137. The Morgan fingerprint density at radius 3 is 3.00 bits per heavy atom. The van der Waals surface area contributed by atoms with Crippen molar-refractivity contribution >= 4 is 27.6 Å². The van der Waals surface area contributed by atoms with E-state index in [1.165, 1.54) is 0 Å². The summed E-state index contributed by atoms with van der Waals surface area (Å²) in [7, 11) is 0. The first-order chi connectivity index (χ1) is 8.58. The van der Waals surface area contributed by atoms with E-state index in [0.29, 0.717) is 6.54 Å². The summed E-state index contributed by atoms with van der Waals surface area (Å²) < 4.78 is 1.01. The van der Waals surface area contributed by atoms with Gasteiger partial charge in [0.05, 0.1) is 12.5 Å². The van der Waals surface area contributed by atoms with Gasteiger partial charge in [-0.2, -0.15) is 0 Å². The highest BCUT2D eigenvalue weighted by Crippen LogP contribution is 2.26. The molecule has 0 radical (unpaired) electrons. The average molecular weight is 313 g/mol. The molecule has 0 saturated carbocycles. The molecule has 18 heavy (non-hydrogen) atoms. The summed E-state index contributed by atoms with van der Waals surface area (Å²) in [6, 6.07) is 8.31. The van der Waals surface area contributed by atoms with Crippen LogP contribution in [-0.4, -0.2) is 36.2 Å². The van der Waals surface area contributed by atoms with Crippen LogP contribution in [0.1, 0.15) is 13.3 Å². The first kappa shape index (κ1) is 13.4. The van der Waals surface area contributed by atoms with Gasteiger partial charge >= 0.3 is 5.97 Å². The number of aliphatic carboxylic acids is 1. The summed E-state index contributed by atoms with van der Waals surface area (Å²) in [6.07, 6.45) is 0.157. The molecule has 98 valence electrons. The Bertz CT molecular complexity index is 439. The van der Waals surface area contributed by atoms with Crippen molar-refractivity contribution in [2.75, 3.05) is 18.0 Å². The van der Waals surface area contributed by atoms with E-state index in [-0.39, 0.29) is 18.5 Å². The van der Waals surface area contributed by atoms with E-state index in [2.05, 4.69) is 33.1 Å². The van der Waals surface area contributed by atoms with Crippen molar-refractivity contribution in [1.29, 1.82) is 0 Å². The first-order valence-corrected chi connectivity index (χ1v) is 6.83. The van der Waals surface area contributed by atoms with Crippen LogP contribution in [0.25, 0.3) is 0 Å². The number of halogens is 1. The maximum absolute atomic E-state index is 11.0. The molecular formula is C13H17BrN2O2. The number of benzene rings is 1. The van der Waals surface area contributed by atoms with E-state index < -0.39 is 5.97 Å². The summed E-state index contributed by atoms with van der Waals surface area (Å²) in [5.74, 6) is -0.754. The number of carboxylic acid groups (broad SMARTS) is 1. The molecule has 1 aliphatic rings. The van der Waals surface area contributed by atoms with Crippen LogP contribution in [0, 0.1) is 0 Å². The minimum Gasteiger partial charge on any atom is -0.481 e. The summed E-state index contributed by atoms with van der Waals surface area (Å²) >= 11 is 3.46. The van der Waals surface area contributed by atoms with E-state index in [1.807, 2.05) is 24.3 Å². The zero-order chi connectivity index (χ0) is 13.1. The molecule has 2 rings (SSSR count). The Kier molecular flexibility index (Phi) is 4.24. The molecule has 1 fully saturated rings. The topological polar surface area (TPSA) is 52.6 Å². The van der Waals surface area contributed by atoms with Crippen LogP contribution in [0.5, 0.6) is 0 Å². The van der Waals surface area contributed by atoms with Gasteiger partial charge in [0.15, 0.2) is 0 Å². The summed E-state index contributed by atoms with van der Waals surface area (Å²) in [5.41, 5.74) is 1.07. The summed E-state index contributed by atoms with van der Waals surface area (Å²) in [4.78, 5) is 13.2. The lowest BCUT2D eigenvalue weighted by Crippen LogP contribution is -2.57. The predicted octanol–water partition coefficient (Wildman–Crippen LogP) is 2.09. The molecule has 0 amide bonds. The SMILES string of the molecule is CC1CNCC(CC(=O)O)N1c1cccc(Br)c1. The van der Waals surface area contributed by atoms with Crippen LogP contribution >= 0.6 is 15.9 Å². The minimum atomic E-state index is -0.754. The van der Waals surface area contributed by atoms with Crippen molar-refractivity contribution in [2.24, 2.45) is 0 Å². The molecule has 0 spiro atoms. The number of rotatable bonds is 3. The third-order valence-corrected chi connectivity index (χ3v) is 3.70. The van der Waals surface area contributed by atoms with Gasteiger partial charge in [-0.15, -0.1) is 0 Å². The average Bonchev–Trinajstić information content (AvgIpc) is 2.28. The molecule has 5 heteroatoms. The zero-order valence-electron chi connectivity index (χ0n) is 10.3. The van der Waals surface area contributed by atoms with Crippen LogP contribution in [0.3, 0.4) is 0 Å². The van der Waals surface area contributed by atoms with Gasteiger partial charge in [-0.05, 0) is 25.1 Å². The number of carboxylic acids is 1. The molecule has 1 heterocycles. The smallest absolute Gasteiger partial charge is 0.305 e. The highest BCUT2D eigenvalue weighted by molar-refractivity contribution is 9.10. The van der Waals surface area contributed by atoms with Crippen molar-refractivity contribution in [1.82, 2.24) is 5.32 Å². The van der Waals surface area contributed by atoms with Crippen molar-refractivity contribution in [2.45, 2.75) is 25.4 Å². The van der Waals surface area contributed by atoms with E-state index >= 15 is 0 Å². The van der Waals surface area contributed by atoms with Crippen molar-refractivity contribution < 1.29 is 9.90 Å². The Morgan fingerprint density at radius 2 is 2.33 bits per heavy atom. The second kappa shape index (κ2) is 5.71. The fourth-order valence-electron chi connectivity index (χ4n) is 2.49. The maximum Gasteiger partial charge on any atom is 0.305 e. The van der Waals surface area contributed by atoms with Crippen LogP contribution in [0.15, 0.2) is 28.7 Å². The van der Waals surface area contributed by atoms with Gasteiger partial charge in [-0.1, -0.05) is 22.0 Å². The Morgan fingerprint density at radius 1 is 1.56 bits per heavy atom. The maximum atomic E-state index is 11.0. The molecule has 0 aliphatic carbocycles. The van der Waals surface area contributed by atoms with Gasteiger partial charge in [-0.25, -0.2) is 0 Å². The lowest BCUT2D eigenvalue weighted by Gasteiger charge is -2.42. The summed E-state index contributed by atoms with van der Waals surface area (Å²) in [6.45, 7) is 3.70. The number of hydrogen-bond donors (Lipinski definition) is 2.